The summed E-state index contributed by atoms with van der Waals surface area (Å²) in [6.07, 6.45) is 1.37. The zero-order valence-electron chi connectivity index (χ0n) is 9.13. The van der Waals surface area contributed by atoms with Crippen molar-refractivity contribution < 1.29 is 13.5 Å². The molecule has 6 heteroatoms. The van der Waals surface area contributed by atoms with Crippen LogP contribution in [0.15, 0.2) is 16.7 Å². The molecule has 2 N–H and O–H groups in total. The molecule has 2 rings (SSSR count). The summed E-state index contributed by atoms with van der Waals surface area (Å²) in [5.74, 6) is -2.40. The quantitative estimate of drug-likeness (QED) is 0.933. The summed E-state index contributed by atoms with van der Waals surface area (Å²) in [5, 5.41) is 0. The zero-order chi connectivity index (χ0) is 12.5. The van der Waals surface area contributed by atoms with E-state index in [4.69, 9.17) is 10.5 Å². The third-order valence-corrected chi connectivity index (χ3v) is 3.29. The molecule has 1 saturated carbocycles. The molecule has 1 heterocycles. The van der Waals surface area contributed by atoms with Crippen LogP contribution < -0.4 is 5.73 Å². The minimum absolute atomic E-state index is 0.0680. The number of pyridine rings is 1. The summed E-state index contributed by atoms with van der Waals surface area (Å²) in [6.45, 7) is 0.0680. The van der Waals surface area contributed by atoms with Gasteiger partial charge < -0.3 is 10.5 Å². The molecule has 1 fully saturated rings. The van der Waals surface area contributed by atoms with Crippen LogP contribution in [0.25, 0.3) is 0 Å². The molecule has 1 atom stereocenters. The number of nitrogens with two attached hydrogens (primary N) is 1. The number of nitrogen functional groups attached to an aromatic ring is 1. The molecule has 1 aliphatic carbocycles. The number of hydrogen-bond acceptors (Lipinski definition) is 3. The standard InChI is InChI=1S/C11H13BrF2N2O/c12-8-4-7(10(15)16-5-8)6-17-9-2-1-3-11(9,13)14/h4-5,9H,1-3,6H2,(H2,15,16). The second-order valence-corrected chi connectivity index (χ2v) is 5.07. The van der Waals surface area contributed by atoms with Gasteiger partial charge in [-0.3, -0.25) is 0 Å². The van der Waals surface area contributed by atoms with Gasteiger partial charge in [-0.2, -0.15) is 0 Å². The highest BCUT2D eigenvalue weighted by atomic mass is 79.9. The molecule has 3 nitrogen and oxygen atoms in total. The van der Waals surface area contributed by atoms with Crippen molar-refractivity contribution in [1.29, 1.82) is 0 Å². The van der Waals surface area contributed by atoms with Gasteiger partial charge in [0.05, 0.1) is 6.61 Å². The molecule has 94 valence electrons. The first kappa shape index (κ1) is 12.7. The van der Waals surface area contributed by atoms with Gasteiger partial charge >= 0.3 is 0 Å². The lowest BCUT2D eigenvalue weighted by molar-refractivity contribution is -0.122. The first-order chi connectivity index (χ1) is 7.99. The molecule has 0 radical (unpaired) electrons. The number of hydrogen-bond donors (Lipinski definition) is 1. The van der Waals surface area contributed by atoms with Crippen molar-refractivity contribution in [3.8, 4) is 0 Å². The molecular formula is C11H13BrF2N2O. The molecule has 17 heavy (non-hydrogen) atoms. The fourth-order valence-electron chi connectivity index (χ4n) is 1.90. The predicted molar refractivity (Wildman–Crippen MR) is 63.7 cm³/mol. The van der Waals surface area contributed by atoms with E-state index in [0.29, 0.717) is 24.2 Å². The van der Waals surface area contributed by atoms with E-state index < -0.39 is 12.0 Å². The van der Waals surface area contributed by atoms with Gasteiger partial charge in [-0.1, -0.05) is 0 Å². The van der Waals surface area contributed by atoms with Crippen LogP contribution in [-0.2, 0) is 11.3 Å². The molecule has 0 aromatic carbocycles. The third-order valence-electron chi connectivity index (χ3n) is 2.86. The molecule has 1 unspecified atom stereocenters. The Morgan fingerprint density at radius 3 is 3.00 bits per heavy atom. The van der Waals surface area contributed by atoms with Gasteiger partial charge in [-0.15, -0.1) is 0 Å². The summed E-state index contributed by atoms with van der Waals surface area (Å²) in [7, 11) is 0. The predicted octanol–water partition coefficient (Wildman–Crippen LogP) is 3.13. The Labute approximate surface area is 106 Å². The van der Waals surface area contributed by atoms with Crippen LogP contribution in [0.2, 0.25) is 0 Å². The molecule has 0 saturated heterocycles. The summed E-state index contributed by atoms with van der Waals surface area (Å²) in [4.78, 5) is 3.92. The average molecular weight is 307 g/mol. The van der Waals surface area contributed by atoms with Gasteiger partial charge in [0, 0.05) is 22.7 Å². The molecule has 1 aromatic rings. The van der Waals surface area contributed by atoms with E-state index in [9.17, 15) is 8.78 Å². The molecule has 0 bridgehead atoms. The van der Waals surface area contributed by atoms with E-state index in [1.807, 2.05) is 0 Å². The Morgan fingerprint density at radius 1 is 1.59 bits per heavy atom. The van der Waals surface area contributed by atoms with E-state index in [0.717, 1.165) is 4.47 Å². The maximum absolute atomic E-state index is 13.3. The van der Waals surface area contributed by atoms with Crippen molar-refractivity contribution in [3.05, 3.63) is 22.3 Å². The molecule has 0 aliphatic heterocycles. The van der Waals surface area contributed by atoms with Crippen LogP contribution in [0.1, 0.15) is 24.8 Å². The lowest BCUT2D eigenvalue weighted by Gasteiger charge is -2.19. The van der Waals surface area contributed by atoms with Gasteiger partial charge in [-0.05, 0) is 34.8 Å². The maximum Gasteiger partial charge on any atom is 0.273 e. The maximum atomic E-state index is 13.3. The van der Waals surface area contributed by atoms with E-state index in [1.54, 1.807) is 12.3 Å². The smallest absolute Gasteiger partial charge is 0.273 e. The van der Waals surface area contributed by atoms with Crippen LogP contribution in [0.5, 0.6) is 0 Å². The highest BCUT2D eigenvalue weighted by Gasteiger charge is 2.44. The largest absolute Gasteiger partial charge is 0.383 e. The van der Waals surface area contributed by atoms with Gasteiger partial charge in [-0.25, -0.2) is 13.8 Å². The van der Waals surface area contributed by atoms with Crippen LogP contribution in [0.4, 0.5) is 14.6 Å². The third kappa shape index (κ3) is 2.93. The Hall–Kier alpha value is -0.750. The van der Waals surface area contributed by atoms with Crippen molar-refractivity contribution >= 4 is 21.7 Å². The molecule has 1 aliphatic rings. The number of nitrogens with zero attached hydrogens (tertiary/aromatic N) is 1. The van der Waals surface area contributed by atoms with Crippen LogP contribution in [0, 0.1) is 0 Å². The minimum Gasteiger partial charge on any atom is -0.383 e. The fraction of sp³-hybridized carbons (Fsp3) is 0.545. The van der Waals surface area contributed by atoms with E-state index in [2.05, 4.69) is 20.9 Å². The van der Waals surface area contributed by atoms with Gasteiger partial charge in [0.15, 0.2) is 0 Å². The SMILES string of the molecule is Nc1ncc(Br)cc1COC1CCCC1(F)F. The number of anilines is 1. The Bertz CT molecular complexity index is 414. The van der Waals surface area contributed by atoms with Crippen molar-refractivity contribution in [2.75, 3.05) is 5.73 Å². The number of ether oxygens (including phenoxy) is 1. The van der Waals surface area contributed by atoms with E-state index in [-0.39, 0.29) is 13.0 Å². The van der Waals surface area contributed by atoms with Gasteiger partial charge in [0.2, 0.25) is 0 Å². The molecular weight excluding hydrogens is 294 g/mol. The highest BCUT2D eigenvalue weighted by Crippen LogP contribution is 2.37. The zero-order valence-corrected chi connectivity index (χ0v) is 10.7. The molecule has 0 spiro atoms. The van der Waals surface area contributed by atoms with E-state index >= 15 is 0 Å². The highest BCUT2D eigenvalue weighted by molar-refractivity contribution is 9.10. The minimum atomic E-state index is -2.71. The fourth-order valence-corrected chi connectivity index (χ4v) is 2.28. The molecule has 1 aromatic heterocycles. The van der Waals surface area contributed by atoms with Crippen molar-refractivity contribution in [3.63, 3.8) is 0 Å². The lowest BCUT2D eigenvalue weighted by Crippen LogP contribution is -2.29. The summed E-state index contributed by atoms with van der Waals surface area (Å²) < 4.78 is 32.6. The first-order valence-electron chi connectivity index (χ1n) is 5.38. The Morgan fingerprint density at radius 2 is 2.35 bits per heavy atom. The summed E-state index contributed by atoms with van der Waals surface area (Å²) in [5.41, 5.74) is 6.27. The molecule has 0 amide bonds. The summed E-state index contributed by atoms with van der Waals surface area (Å²) in [6, 6.07) is 1.73. The number of alkyl halides is 2. The van der Waals surface area contributed by atoms with Crippen molar-refractivity contribution in [2.24, 2.45) is 0 Å². The van der Waals surface area contributed by atoms with Crippen molar-refractivity contribution in [1.82, 2.24) is 4.98 Å². The van der Waals surface area contributed by atoms with Crippen LogP contribution in [0.3, 0.4) is 0 Å². The number of halogens is 3. The number of rotatable bonds is 3. The monoisotopic (exact) mass is 306 g/mol. The van der Waals surface area contributed by atoms with Crippen molar-refractivity contribution in [2.45, 2.75) is 37.9 Å². The Kier molecular flexibility index (Phi) is 3.63. The number of aromatic nitrogens is 1. The van der Waals surface area contributed by atoms with Crippen LogP contribution >= 0.6 is 15.9 Å². The average Bonchev–Trinajstić information content (AvgIpc) is 2.59. The summed E-state index contributed by atoms with van der Waals surface area (Å²) >= 11 is 3.25. The van der Waals surface area contributed by atoms with Gasteiger partial charge in [0.1, 0.15) is 11.9 Å². The van der Waals surface area contributed by atoms with Crippen LogP contribution in [-0.4, -0.2) is 17.0 Å². The topological polar surface area (TPSA) is 48.1 Å². The lowest BCUT2D eigenvalue weighted by atomic mass is 10.2. The second-order valence-electron chi connectivity index (χ2n) is 4.15. The van der Waals surface area contributed by atoms with Gasteiger partial charge in [0.25, 0.3) is 5.92 Å². The van der Waals surface area contributed by atoms with E-state index in [1.165, 1.54) is 0 Å². The first-order valence-corrected chi connectivity index (χ1v) is 6.17. The normalized spacial score (nSPS) is 22.9. The second kappa shape index (κ2) is 4.86. The Balaban J connectivity index is 2.00.